The number of hydrogen-bond acceptors (Lipinski definition) is 2. The van der Waals surface area contributed by atoms with E-state index in [2.05, 4.69) is 11.7 Å². The maximum absolute atomic E-state index is 5.06. The molecule has 1 aliphatic heterocycles. The molecule has 10 heavy (non-hydrogen) atoms. The van der Waals surface area contributed by atoms with Gasteiger partial charge in [0, 0.05) is 18.0 Å². The van der Waals surface area contributed by atoms with Crippen molar-refractivity contribution in [3.05, 3.63) is 24.5 Å². The van der Waals surface area contributed by atoms with Crippen LogP contribution in [0.3, 0.4) is 0 Å². The summed E-state index contributed by atoms with van der Waals surface area (Å²) < 4.78 is 6.74. The van der Waals surface area contributed by atoms with Crippen LogP contribution < -0.4 is 0 Å². The zero-order valence-electron chi connectivity index (χ0n) is 5.53. The van der Waals surface area contributed by atoms with Gasteiger partial charge in [-0.05, 0) is 0 Å². The summed E-state index contributed by atoms with van der Waals surface area (Å²) in [6, 6.07) is 0. The van der Waals surface area contributed by atoms with Gasteiger partial charge in [-0.2, -0.15) is 5.10 Å². The van der Waals surface area contributed by atoms with Crippen LogP contribution in [0.4, 0.5) is 0 Å². The summed E-state index contributed by atoms with van der Waals surface area (Å²) >= 11 is 0. The van der Waals surface area contributed by atoms with E-state index in [9.17, 15) is 0 Å². The van der Waals surface area contributed by atoms with Crippen LogP contribution in [0.15, 0.2) is 19.0 Å². The van der Waals surface area contributed by atoms with Gasteiger partial charge in [0.25, 0.3) is 0 Å². The van der Waals surface area contributed by atoms with E-state index in [1.165, 1.54) is 0 Å². The first-order valence-electron chi connectivity index (χ1n) is 3.18. The third-order valence-electron chi connectivity index (χ3n) is 1.51. The molecule has 0 aliphatic carbocycles. The van der Waals surface area contributed by atoms with E-state index < -0.39 is 0 Å². The highest BCUT2D eigenvalue weighted by atomic mass is 16.6. The van der Waals surface area contributed by atoms with Gasteiger partial charge in [0.2, 0.25) is 0 Å². The number of epoxide rings is 1. The monoisotopic (exact) mass is 136 g/mol. The molecule has 2 rings (SSSR count). The Bertz CT molecular complexity index is 250. The van der Waals surface area contributed by atoms with Gasteiger partial charge >= 0.3 is 0 Å². The van der Waals surface area contributed by atoms with E-state index in [1.807, 2.05) is 6.20 Å². The smallest absolute Gasteiger partial charge is 0.109 e. The summed E-state index contributed by atoms with van der Waals surface area (Å²) in [5, 5.41) is 4.01. The zero-order chi connectivity index (χ0) is 6.97. The predicted octanol–water partition coefficient (Wildman–Crippen LogP) is 1.05. The van der Waals surface area contributed by atoms with Crippen molar-refractivity contribution in [2.75, 3.05) is 6.61 Å². The van der Waals surface area contributed by atoms with Crippen LogP contribution in [0, 0.1) is 0 Å². The van der Waals surface area contributed by atoms with Crippen LogP contribution in [-0.2, 0) is 4.74 Å². The molecule has 1 aromatic heterocycles. The first-order valence-corrected chi connectivity index (χ1v) is 3.18. The molecule has 1 atom stereocenters. The van der Waals surface area contributed by atoms with Crippen LogP contribution in [0.5, 0.6) is 0 Å². The summed E-state index contributed by atoms with van der Waals surface area (Å²) in [5.41, 5.74) is 1.14. The minimum Gasteiger partial charge on any atom is -0.368 e. The number of aromatic nitrogens is 2. The third-order valence-corrected chi connectivity index (χ3v) is 1.51. The normalized spacial score (nSPS) is 22.6. The molecule has 1 aromatic rings. The van der Waals surface area contributed by atoms with Crippen molar-refractivity contribution in [3.8, 4) is 0 Å². The molecular formula is C7H8N2O. The number of ether oxygens (including phenoxy) is 1. The fourth-order valence-electron chi connectivity index (χ4n) is 0.859. The van der Waals surface area contributed by atoms with E-state index in [0.717, 1.165) is 12.2 Å². The minimum absolute atomic E-state index is 0.300. The van der Waals surface area contributed by atoms with Crippen LogP contribution in [0.2, 0.25) is 0 Å². The van der Waals surface area contributed by atoms with E-state index in [0.29, 0.717) is 6.10 Å². The van der Waals surface area contributed by atoms with Gasteiger partial charge in [-0.25, -0.2) is 4.68 Å². The molecule has 0 amide bonds. The molecule has 52 valence electrons. The van der Waals surface area contributed by atoms with Gasteiger partial charge in [-0.3, -0.25) is 0 Å². The van der Waals surface area contributed by atoms with Crippen molar-refractivity contribution in [1.29, 1.82) is 0 Å². The second-order valence-corrected chi connectivity index (χ2v) is 2.26. The van der Waals surface area contributed by atoms with Gasteiger partial charge < -0.3 is 4.74 Å². The largest absolute Gasteiger partial charge is 0.368 e. The molecule has 0 aromatic carbocycles. The first-order chi connectivity index (χ1) is 4.90. The lowest BCUT2D eigenvalue weighted by molar-refractivity contribution is 0.415. The summed E-state index contributed by atoms with van der Waals surface area (Å²) in [6.45, 7) is 4.42. The number of nitrogens with zero attached hydrogens (tertiary/aromatic N) is 2. The van der Waals surface area contributed by atoms with Crippen LogP contribution in [0.1, 0.15) is 11.7 Å². The second kappa shape index (κ2) is 1.95. The van der Waals surface area contributed by atoms with Crippen molar-refractivity contribution >= 4 is 6.20 Å². The summed E-state index contributed by atoms with van der Waals surface area (Å²) in [4.78, 5) is 0. The van der Waals surface area contributed by atoms with Gasteiger partial charge in [0.05, 0.1) is 12.8 Å². The molecule has 1 saturated heterocycles. The Balaban J connectivity index is 2.26. The van der Waals surface area contributed by atoms with Gasteiger partial charge in [-0.15, -0.1) is 0 Å². The highest BCUT2D eigenvalue weighted by Crippen LogP contribution is 2.28. The zero-order valence-corrected chi connectivity index (χ0v) is 5.53. The molecule has 0 bridgehead atoms. The molecule has 2 heterocycles. The molecule has 3 heteroatoms. The molecule has 0 radical (unpaired) electrons. The van der Waals surface area contributed by atoms with Gasteiger partial charge in [-0.1, -0.05) is 6.58 Å². The molecular weight excluding hydrogens is 128 g/mol. The standard InChI is InChI=1S/C7H8N2O/c1-2-9-4-6(3-8-9)7-5-10-7/h2-4,7H,1,5H2/t7-/m0/s1. The van der Waals surface area contributed by atoms with Crippen LogP contribution in [-0.4, -0.2) is 16.4 Å². The molecule has 0 N–H and O–H groups in total. The molecule has 1 aliphatic rings. The van der Waals surface area contributed by atoms with E-state index in [-0.39, 0.29) is 0 Å². The second-order valence-electron chi connectivity index (χ2n) is 2.26. The Morgan fingerprint density at radius 1 is 1.90 bits per heavy atom. The topological polar surface area (TPSA) is 30.4 Å². The molecule has 0 unspecified atom stereocenters. The first kappa shape index (κ1) is 5.68. The highest BCUT2D eigenvalue weighted by Gasteiger charge is 2.25. The summed E-state index contributed by atoms with van der Waals surface area (Å²) in [6.07, 6.45) is 5.68. The Labute approximate surface area is 58.9 Å². The predicted molar refractivity (Wildman–Crippen MR) is 37.3 cm³/mol. The minimum atomic E-state index is 0.300. The molecule has 1 fully saturated rings. The van der Waals surface area contributed by atoms with Crippen LogP contribution >= 0.6 is 0 Å². The fraction of sp³-hybridized carbons (Fsp3) is 0.286. The lowest BCUT2D eigenvalue weighted by Gasteiger charge is -1.84. The Morgan fingerprint density at radius 2 is 2.70 bits per heavy atom. The van der Waals surface area contributed by atoms with Crippen molar-refractivity contribution < 1.29 is 4.74 Å². The maximum Gasteiger partial charge on any atom is 0.109 e. The van der Waals surface area contributed by atoms with Gasteiger partial charge in [0.1, 0.15) is 6.10 Å². The van der Waals surface area contributed by atoms with E-state index >= 15 is 0 Å². The maximum atomic E-state index is 5.06. The average molecular weight is 136 g/mol. The lowest BCUT2D eigenvalue weighted by Crippen LogP contribution is -1.81. The highest BCUT2D eigenvalue weighted by molar-refractivity contribution is 5.20. The van der Waals surface area contributed by atoms with Crippen molar-refractivity contribution in [2.24, 2.45) is 0 Å². The van der Waals surface area contributed by atoms with Crippen molar-refractivity contribution in [2.45, 2.75) is 6.10 Å². The lowest BCUT2D eigenvalue weighted by atomic mass is 10.3. The SMILES string of the molecule is C=Cn1cc([C@@H]2CO2)cn1. The molecule has 3 nitrogen and oxygen atoms in total. The molecule has 0 saturated carbocycles. The Morgan fingerprint density at radius 3 is 3.20 bits per heavy atom. The number of hydrogen-bond donors (Lipinski definition) is 0. The molecule has 0 spiro atoms. The third kappa shape index (κ3) is 0.844. The summed E-state index contributed by atoms with van der Waals surface area (Å²) in [5.74, 6) is 0. The fourth-order valence-corrected chi connectivity index (χ4v) is 0.859. The average Bonchev–Trinajstić information content (AvgIpc) is 2.70. The summed E-state index contributed by atoms with van der Waals surface area (Å²) in [7, 11) is 0. The van der Waals surface area contributed by atoms with Crippen molar-refractivity contribution in [1.82, 2.24) is 9.78 Å². The quantitative estimate of drug-likeness (QED) is 0.569. The van der Waals surface area contributed by atoms with Crippen molar-refractivity contribution in [3.63, 3.8) is 0 Å². The van der Waals surface area contributed by atoms with Gasteiger partial charge in [0.15, 0.2) is 0 Å². The van der Waals surface area contributed by atoms with E-state index in [4.69, 9.17) is 4.74 Å². The Kier molecular flexibility index (Phi) is 1.11. The van der Waals surface area contributed by atoms with Crippen LogP contribution in [0.25, 0.3) is 6.20 Å². The Hall–Kier alpha value is -1.09. The van der Waals surface area contributed by atoms with E-state index in [1.54, 1.807) is 17.1 Å². The number of rotatable bonds is 2.